The van der Waals surface area contributed by atoms with E-state index in [-0.39, 0.29) is 18.0 Å². The molecule has 6 nitrogen and oxygen atoms in total. The lowest BCUT2D eigenvalue weighted by molar-refractivity contribution is 0.0862. The minimum Gasteiger partial charge on any atom is -0.450 e. The van der Waals surface area contributed by atoms with E-state index in [1.165, 1.54) is 36.1 Å². The fourth-order valence-corrected chi connectivity index (χ4v) is 5.61. The van der Waals surface area contributed by atoms with E-state index in [1.807, 2.05) is 6.92 Å². The number of thiophene rings is 1. The third-order valence-corrected chi connectivity index (χ3v) is 7.20. The fraction of sp³-hybridized carbons (Fsp3) is 0.700. The summed E-state index contributed by atoms with van der Waals surface area (Å²) in [6.07, 6.45) is 6.69. The second-order valence-electron chi connectivity index (χ2n) is 7.84. The van der Waals surface area contributed by atoms with E-state index in [9.17, 15) is 9.59 Å². The van der Waals surface area contributed by atoms with Crippen molar-refractivity contribution < 1.29 is 14.3 Å². The highest BCUT2D eigenvalue weighted by molar-refractivity contribution is 7.14. The first-order valence-electron chi connectivity index (χ1n) is 10.2. The maximum absolute atomic E-state index is 12.7. The molecule has 1 saturated heterocycles. The predicted molar refractivity (Wildman–Crippen MR) is 105 cm³/mol. The summed E-state index contributed by atoms with van der Waals surface area (Å²) in [4.78, 5) is 30.9. The van der Waals surface area contributed by atoms with Crippen molar-refractivity contribution in [3.8, 4) is 0 Å². The summed E-state index contributed by atoms with van der Waals surface area (Å²) in [6, 6.07) is 2.97. The Morgan fingerprint density at radius 1 is 1.19 bits per heavy atom. The Hall–Kier alpha value is -1.60. The summed E-state index contributed by atoms with van der Waals surface area (Å²) < 4.78 is 5.04. The standard InChI is InChI=1S/C20H29N3O3S/c1-2-26-20(25)22-9-7-15(8-10-22)21-19(24)17-11-14-12-23(13-18(14)27-17)16-5-3-4-6-16/h11,15-16H,2-10,12-13H2,1H3,(H,21,24). The predicted octanol–water partition coefficient (Wildman–Crippen LogP) is 3.36. The van der Waals surface area contributed by atoms with E-state index in [0.717, 1.165) is 36.9 Å². The van der Waals surface area contributed by atoms with Crippen LogP contribution in [0.3, 0.4) is 0 Å². The van der Waals surface area contributed by atoms with Crippen molar-refractivity contribution >= 4 is 23.3 Å². The van der Waals surface area contributed by atoms with Crippen LogP contribution in [0.15, 0.2) is 6.07 Å². The van der Waals surface area contributed by atoms with Gasteiger partial charge in [-0.25, -0.2) is 4.79 Å². The van der Waals surface area contributed by atoms with Gasteiger partial charge >= 0.3 is 6.09 Å². The summed E-state index contributed by atoms with van der Waals surface area (Å²) in [5, 5.41) is 3.16. The Morgan fingerprint density at radius 3 is 2.59 bits per heavy atom. The largest absolute Gasteiger partial charge is 0.450 e. The third-order valence-electron chi connectivity index (χ3n) is 6.04. The van der Waals surface area contributed by atoms with Crippen LogP contribution < -0.4 is 5.32 Å². The van der Waals surface area contributed by atoms with Crippen molar-refractivity contribution in [2.75, 3.05) is 19.7 Å². The number of hydrogen-bond donors (Lipinski definition) is 1. The molecule has 1 aliphatic carbocycles. The molecular formula is C20H29N3O3S. The zero-order valence-corrected chi connectivity index (χ0v) is 16.9. The van der Waals surface area contributed by atoms with Crippen LogP contribution in [0.4, 0.5) is 4.79 Å². The summed E-state index contributed by atoms with van der Waals surface area (Å²) in [6.45, 7) is 5.51. The number of hydrogen-bond acceptors (Lipinski definition) is 5. The number of piperidine rings is 1. The summed E-state index contributed by atoms with van der Waals surface area (Å²) in [5.41, 5.74) is 1.34. The highest BCUT2D eigenvalue weighted by Gasteiger charge is 2.31. The van der Waals surface area contributed by atoms with Crippen molar-refractivity contribution in [3.63, 3.8) is 0 Å². The van der Waals surface area contributed by atoms with Gasteiger partial charge in [-0.2, -0.15) is 0 Å². The van der Waals surface area contributed by atoms with Gasteiger partial charge in [-0.05, 0) is 44.2 Å². The van der Waals surface area contributed by atoms with Gasteiger partial charge in [-0.3, -0.25) is 9.69 Å². The van der Waals surface area contributed by atoms with E-state index in [2.05, 4.69) is 16.3 Å². The first kappa shape index (κ1) is 18.7. The number of rotatable bonds is 4. The molecule has 2 fully saturated rings. The van der Waals surface area contributed by atoms with E-state index in [0.29, 0.717) is 19.7 Å². The molecule has 1 saturated carbocycles. The van der Waals surface area contributed by atoms with Gasteiger partial charge in [0.15, 0.2) is 0 Å². The molecule has 0 atom stereocenters. The summed E-state index contributed by atoms with van der Waals surface area (Å²) in [5.74, 6) is 0.0383. The zero-order chi connectivity index (χ0) is 18.8. The van der Waals surface area contributed by atoms with Crippen LogP contribution >= 0.6 is 11.3 Å². The second kappa shape index (κ2) is 8.19. The first-order valence-corrected chi connectivity index (χ1v) is 11.0. The van der Waals surface area contributed by atoms with Crippen LogP contribution in [-0.4, -0.2) is 53.6 Å². The molecule has 2 aliphatic heterocycles. The summed E-state index contributed by atoms with van der Waals surface area (Å²) in [7, 11) is 0. The molecule has 0 unspecified atom stereocenters. The maximum Gasteiger partial charge on any atom is 0.409 e. The number of nitrogens with zero attached hydrogens (tertiary/aromatic N) is 2. The average molecular weight is 392 g/mol. The van der Waals surface area contributed by atoms with Gasteiger partial charge in [0.1, 0.15) is 0 Å². The number of fused-ring (bicyclic) bond motifs is 1. The number of likely N-dealkylation sites (tertiary alicyclic amines) is 1. The molecule has 0 radical (unpaired) electrons. The van der Waals surface area contributed by atoms with Gasteiger partial charge in [0.25, 0.3) is 5.91 Å². The molecule has 3 aliphatic rings. The fourth-order valence-electron chi connectivity index (χ4n) is 4.51. The topological polar surface area (TPSA) is 61.9 Å². The maximum atomic E-state index is 12.7. The molecule has 0 bridgehead atoms. The van der Waals surface area contributed by atoms with Crippen LogP contribution in [0, 0.1) is 0 Å². The molecule has 0 spiro atoms. The highest BCUT2D eigenvalue weighted by Crippen LogP contribution is 2.36. The van der Waals surface area contributed by atoms with Crippen LogP contribution in [0.1, 0.15) is 65.6 Å². The lowest BCUT2D eigenvalue weighted by Gasteiger charge is -2.31. The molecule has 1 N–H and O–H groups in total. The Labute approximate surface area is 164 Å². The first-order chi connectivity index (χ1) is 13.1. The Morgan fingerprint density at radius 2 is 1.93 bits per heavy atom. The van der Waals surface area contributed by atoms with Crippen molar-refractivity contribution in [2.24, 2.45) is 0 Å². The third kappa shape index (κ3) is 4.14. The van der Waals surface area contributed by atoms with Crippen LogP contribution in [-0.2, 0) is 17.8 Å². The van der Waals surface area contributed by atoms with E-state index >= 15 is 0 Å². The smallest absolute Gasteiger partial charge is 0.409 e. The molecule has 1 aromatic rings. The van der Waals surface area contributed by atoms with Gasteiger partial charge in [0.2, 0.25) is 0 Å². The van der Waals surface area contributed by atoms with Crippen LogP contribution in [0.25, 0.3) is 0 Å². The minimum absolute atomic E-state index is 0.0383. The quantitative estimate of drug-likeness (QED) is 0.855. The molecule has 7 heteroatoms. The number of amides is 2. The molecule has 0 aromatic carbocycles. The second-order valence-corrected chi connectivity index (χ2v) is 8.97. The van der Waals surface area contributed by atoms with Gasteiger partial charge in [0.05, 0.1) is 11.5 Å². The van der Waals surface area contributed by atoms with Crippen molar-refractivity contribution in [1.82, 2.24) is 15.1 Å². The van der Waals surface area contributed by atoms with Crippen molar-refractivity contribution in [3.05, 3.63) is 21.4 Å². The number of carbonyl (C=O) groups excluding carboxylic acids is 2. The average Bonchev–Trinajstić information content (AvgIpc) is 3.38. The van der Waals surface area contributed by atoms with Gasteiger partial charge < -0.3 is 15.0 Å². The molecule has 4 rings (SSSR count). The molecule has 27 heavy (non-hydrogen) atoms. The van der Waals surface area contributed by atoms with Gasteiger partial charge in [-0.15, -0.1) is 11.3 Å². The number of ether oxygens (including phenoxy) is 1. The minimum atomic E-state index is -0.247. The normalized spacial score (nSPS) is 21.4. The molecule has 148 valence electrons. The Bertz CT molecular complexity index is 667. The van der Waals surface area contributed by atoms with E-state index < -0.39 is 0 Å². The Kier molecular flexibility index (Phi) is 5.68. The molecule has 1 aromatic heterocycles. The molecule has 3 heterocycles. The monoisotopic (exact) mass is 391 g/mol. The van der Waals surface area contributed by atoms with Crippen molar-refractivity contribution in [1.29, 1.82) is 0 Å². The zero-order valence-electron chi connectivity index (χ0n) is 16.0. The summed E-state index contributed by atoms with van der Waals surface area (Å²) >= 11 is 1.66. The molecule has 2 amide bonds. The van der Waals surface area contributed by atoms with Crippen molar-refractivity contribution in [2.45, 2.75) is 70.6 Å². The number of carbonyl (C=O) groups is 2. The van der Waals surface area contributed by atoms with Crippen LogP contribution in [0.5, 0.6) is 0 Å². The van der Waals surface area contributed by atoms with Gasteiger partial charge in [-0.1, -0.05) is 12.8 Å². The Balaban J connectivity index is 1.27. The van der Waals surface area contributed by atoms with E-state index in [1.54, 1.807) is 16.2 Å². The van der Waals surface area contributed by atoms with Gasteiger partial charge in [0, 0.05) is 43.1 Å². The van der Waals surface area contributed by atoms with Crippen LogP contribution in [0.2, 0.25) is 0 Å². The van der Waals surface area contributed by atoms with E-state index in [4.69, 9.17) is 4.74 Å². The SMILES string of the molecule is CCOC(=O)N1CCC(NC(=O)c2cc3c(s2)CN(C2CCCC2)C3)CC1. The lowest BCUT2D eigenvalue weighted by Crippen LogP contribution is -2.46. The lowest BCUT2D eigenvalue weighted by atomic mass is 10.1. The highest BCUT2D eigenvalue weighted by atomic mass is 32.1. The molecular weight excluding hydrogens is 362 g/mol. The number of nitrogens with one attached hydrogen (secondary N) is 1.